The van der Waals surface area contributed by atoms with Gasteiger partial charge in [0.25, 0.3) is 5.91 Å². The predicted octanol–water partition coefficient (Wildman–Crippen LogP) is 6.01. The Morgan fingerprint density at radius 3 is 2.72 bits per heavy atom. The number of rotatable bonds is 5. The van der Waals surface area contributed by atoms with E-state index in [1.807, 2.05) is 19.1 Å². The maximum absolute atomic E-state index is 13.0. The molecule has 0 aliphatic carbocycles. The van der Waals surface area contributed by atoms with Crippen LogP contribution in [0.2, 0.25) is 5.02 Å². The summed E-state index contributed by atoms with van der Waals surface area (Å²) in [5, 5.41) is 2.61. The van der Waals surface area contributed by atoms with Gasteiger partial charge in [-0.15, -0.1) is 0 Å². The first-order valence-corrected chi connectivity index (χ1v) is 12.7. The average Bonchev–Trinajstić information content (AvgIpc) is 3.29. The summed E-state index contributed by atoms with van der Waals surface area (Å²) in [7, 11) is 0. The second kappa shape index (κ2) is 10.6. The van der Waals surface area contributed by atoms with Crippen LogP contribution < -0.4 is 11.1 Å². The zero-order chi connectivity index (χ0) is 27.7. The molecule has 1 amide bonds. The number of nitrogens with zero attached hydrogens (tertiary/aromatic N) is 5. The summed E-state index contributed by atoms with van der Waals surface area (Å²) in [5.41, 5.74) is 7.75. The molecule has 1 aromatic carbocycles. The van der Waals surface area contributed by atoms with E-state index in [1.54, 1.807) is 16.7 Å². The van der Waals surface area contributed by atoms with Crippen molar-refractivity contribution in [2.24, 2.45) is 0 Å². The number of aromatic nitrogens is 4. The van der Waals surface area contributed by atoms with Gasteiger partial charge < -0.3 is 16.0 Å². The molecule has 3 aromatic heterocycles. The Balaban J connectivity index is 1.47. The largest absolute Gasteiger partial charge is 0.416 e. The van der Waals surface area contributed by atoms with Crippen LogP contribution in [0, 0.1) is 0 Å². The van der Waals surface area contributed by atoms with E-state index in [-0.39, 0.29) is 28.3 Å². The molecule has 0 spiro atoms. The van der Waals surface area contributed by atoms with Crippen molar-refractivity contribution >= 4 is 34.8 Å². The lowest BCUT2D eigenvalue weighted by Gasteiger charge is -2.31. The van der Waals surface area contributed by atoms with Gasteiger partial charge in [0.2, 0.25) is 5.95 Å². The van der Waals surface area contributed by atoms with Crippen LogP contribution in [0.25, 0.3) is 16.9 Å². The highest BCUT2D eigenvalue weighted by Gasteiger charge is 2.31. The smallest absolute Gasteiger partial charge is 0.377 e. The van der Waals surface area contributed by atoms with Crippen LogP contribution in [-0.4, -0.2) is 43.2 Å². The van der Waals surface area contributed by atoms with E-state index in [1.165, 1.54) is 12.1 Å². The van der Waals surface area contributed by atoms with Crippen LogP contribution in [0.5, 0.6) is 0 Å². The van der Waals surface area contributed by atoms with Gasteiger partial charge in [-0.05, 0) is 62.4 Å². The highest BCUT2D eigenvalue weighted by Crippen LogP contribution is 2.36. The number of nitrogens with two attached hydrogens (primary N) is 1. The van der Waals surface area contributed by atoms with Gasteiger partial charge in [-0.3, -0.25) is 9.20 Å². The summed E-state index contributed by atoms with van der Waals surface area (Å²) >= 11 is 6.63. The van der Waals surface area contributed by atoms with Crippen LogP contribution in [0.3, 0.4) is 0 Å². The fourth-order valence-electron chi connectivity index (χ4n) is 4.84. The number of halogens is 4. The predicted molar refractivity (Wildman–Crippen MR) is 143 cm³/mol. The standard InChI is InChI=1S/C27H25ClF3N7O/c1-2-11-37-12-3-4-17(15-37)23-21-8-10-34-26(32)38(21)24(36-23)19-6-5-16(13-20(19)28)25(39)35-22-14-18(7-9-33-22)27(29,30)31/h2,5-11,13-14,17H,3-4,12,15H2,1H3,(H2,32,34)(H,33,35,39). The SMILES string of the molecule is CC=CN1CCCC(c2nc(-c3ccc(C(=O)Nc4cc(C(F)(F)F)ccn4)cc3Cl)n3c(N)nccc23)C1. The van der Waals surface area contributed by atoms with Crippen LogP contribution in [0.15, 0.2) is 61.1 Å². The number of hydrogen-bond acceptors (Lipinski definition) is 6. The first-order chi connectivity index (χ1) is 18.7. The molecule has 0 radical (unpaired) electrons. The zero-order valence-electron chi connectivity index (χ0n) is 20.9. The third kappa shape index (κ3) is 5.40. The van der Waals surface area contributed by atoms with Gasteiger partial charge in [-0.25, -0.2) is 15.0 Å². The van der Waals surface area contributed by atoms with Crippen molar-refractivity contribution in [3.8, 4) is 11.4 Å². The second-order valence-corrected chi connectivity index (χ2v) is 9.64. The molecule has 39 heavy (non-hydrogen) atoms. The number of piperidine rings is 1. The highest BCUT2D eigenvalue weighted by atomic mass is 35.5. The zero-order valence-corrected chi connectivity index (χ0v) is 21.7. The normalized spacial score (nSPS) is 16.2. The third-order valence-electron chi connectivity index (χ3n) is 6.61. The Labute approximate surface area is 227 Å². The minimum Gasteiger partial charge on any atom is -0.377 e. The summed E-state index contributed by atoms with van der Waals surface area (Å²) in [6.45, 7) is 3.78. The van der Waals surface area contributed by atoms with Crippen molar-refractivity contribution in [1.29, 1.82) is 0 Å². The quantitative estimate of drug-likeness (QED) is 0.313. The number of imidazole rings is 1. The van der Waals surface area contributed by atoms with Gasteiger partial charge in [-0.2, -0.15) is 13.2 Å². The number of nitrogen functional groups attached to an aromatic ring is 1. The molecule has 4 aromatic rings. The Morgan fingerprint density at radius 1 is 1.18 bits per heavy atom. The molecule has 3 N–H and O–H groups in total. The van der Waals surface area contributed by atoms with Gasteiger partial charge in [0.1, 0.15) is 11.6 Å². The van der Waals surface area contributed by atoms with E-state index in [9.17, 15) is 18.0 Å². The minimum absolute atomic E-state index is 0.143. The molecular weight excluding hydrogens is 531 g/mol. The van der Waals surface area contributed by atoms with E-state index in [0.717, 1.165) is 55.5 Å². The molecule has 1 fully saturated rings. The van der Waals surface area contributed by atoms with Crippen molar-refractivity contribution in [3.63, 3.8) is 0 Å². The van der Waals surface area contributed by atoms with Crippen molar-refractivity contribution in [2.75, 3.05) is 24.1 Å². The highest BCUT2D eigenvalue weighted by molar-refractivity contribution is 6.33. The Morgan fingerprint density at radius 2 is 1.97 bits per heavy atom. The molecule has 202 valence electrons. The van der Waals surface area contributed by atoms with Crippen molar-refractivity contribution in [1.82, 2.24) is 24.3 Å². The molecule has 0 saturated carbocycles. The average molecular weight is 556 g/mol. The number of fused-ring (bicyclic) bond motifs is 1. The Kier molecular flexibility index (Phi) is 7.17. The molecule has 1 unspecified atom stereocenters. The van der Waals surface area contributed by atoms with Crippen LogP contribution in [0.4, 0.5) is 24.9 Å². The molecule has 12 heteroatoms. The second-order valence-electron chi connectivity index (χ2n) is 9.24. The fourth-order valence-corrected chi connectivity index (χ4v) is 5.11. The molecule has 5 rings (SSSR count). The van der Waals surface area contributed by atoms with Crippen LogP contribution >= 0.6 is 11.6 Å². The number of carbonyl (C=O) groups is 1. The van der Waals surface area contributed by atoms with Crippen LogP contribution in [0.1, 0.15) is 47.3 Å². The van der Waals surface area contributed by atoms with Gasteiger partial charge >= 0.3 is 6.18 Å². The minimum atomic E-state index is -4.56. The number of allylic oxidation sites excluding steroid dienone is 1. The number of nitrogens with one attached hydrogen (secondary N) is 1. The lowest BCUT2D eigenvalue weighted by atomic mass is 9.94. The lowest BCUT2D eigenvalue weighted by molar-refractivity contribution is -0.137. The molecule has 1 saturated heterocycles. The maximum atomic E-state index is 13.0. The molecule has 4 heterocycles. The number of amides is 1. The number of alkyl halides is 3. The fraction of sp³-hybridized carbons (Fsp3) is 0.259. The van der Waals surface area contributed by atoms with E-state index in [2.05, 4.69) is 26.4 Å². The number of benzene rings is 1. The summed E-state index contributed by atoms with van der Waals surface area (Å²) in [6, 6.07) is 8.05. The van der Waals surface area contributed by atoms with Gasteiger partial charge in [0.15, 0.2) is 0 Å². The summed E-state index contributed by atoms with van der Waals surface area (Å²) in [5.74, 6) is 0.0269. The Hall–Kier alpha value is -4.12. The monoisotopic (exact) mass is 555 g/mol. The van der Waals surface area contributed by atoms with Gasteiger partial charge in [0.05, 0.1) is 21.8 Å². The number of likely N-dealkylation sites (tertiary alicyclic amines) is 1. The molecule has 1 aliphatic rings. The lowest BCUT2D eigenvalue weighted by Crippen LogP contribution is -2.30. The molecule has 8 nitrogen and oxygen atoms in total. The van der Waals surface area contributed by atoms with Crippen molar-refractivity contribution < 1.29 is 18.0 Å². The third-order valence-corrected chi connectivity index (χ3v) is 6.92. The van der Waals surface area contributed by atoms with E-state index >= 15 is 0 Å². The molecular formula is C27H25ClF3N7O. The molecule has 1 atom stereocenters. The maximum Gasteiger partial charge on any atom is 0.416 e. The molecule has 0 bridgehead atoms. The summed E-state index contributed by atoms with van der Waals surface area (Å²) < 4.78 is 40.8. The Bertz CT molecular complexity index is 1570. The van der Waals surface area contributed by atoms with E-state index in [4.69, 9.17) is 22.3 Å². The van der Waals surface area contributed by atoms with Crippen LogP contribution in [-0.2, 0) is 6.18 Å². The number of hydrogen-bond donors (Lipinski definition) is 2. The topological polar surface area (TPSA) is 101 Å². The van der Waals surface area contributed by atoms with Crippen molar-refractivity contribution in [2.45, 2.75) is 31.9 Å². The number of pyridine rings is 1. The van der Waals surface area contributed by atoms with E-state index in [0.29, 0.717) is 11.4 Å². The molecule has 1 aliphatic heterocycles. The van der Waals surface area contributed by atoms with Gasteiger partial charge in [0, 0.05) is 42.5 Å². The first-order valence-electron chi connectivity index (χ1n) is 12.3. The summed E-state index contributed by atoms with van der Waals surface area (Å²) in [4.78, 5) is 28.1. The first kappa shape index (κ1) is 26.5. The summed E-state index contributed by atoms with van der Waals surface area (Å²) in [6.07, 6.45) is 4.16. The van der Waals surface area contributed by atoms with E-state index < -0.39 is 17.6 Å². The number of carbonyl (C=O) groups excluding carboxylic acids is 1. The van der Waals surface area contributed by atoms with Crippen molar-refractivity contribution in [3.05, 3.63) is 82.9 Å². The van der Waals surface area contributed by atoms with Gasteiger partial charge in [-0.1, -0.05) is 17.7 Å². The number of anilines is 2.